The second-order valence-electron chi connectivity index (χ2n) is 4.37. The molecule has 6 N–H and O–H groups in total. The predicted molar refractivity (Wildman–Crippen MR) is 67.9 cm³/mol. The average molecular weight is 363 g/mol. The number of nitrogens with two attached hydrogens (primary N) is 1. The minimum absolute atomic E-state index is 0. The van der Waals surface area contributed by atoms with Crippen LogP contribution in [0.3, 0.4) is 0 Å². The van der Waals surface area contributed by atoms with Gasteiger partial charge in [-0.25, -0.2) is 9.36 Å². The standard InChI is InChI=1S/C9H14N3O8P.K.H/c10-5-1-2-12(9(15)11-5)8-7(14)6(13)4(20-8)3-19-21(16,17)18;;/h1-2,4,6-8,13-14H,3H2,(H2,10,11,15)(H2,16,17,18);;/q;+1;-1/t4-,6-,7-,8+;;/m1../s1. The van der Waals surface area contributed by atoms with Crippen molar-refractivity contribution in [3.63, 3.8) is 0 Å². The molecule has 1 aromatic heterocycles. The zero-order valence-electron chi connectivity index (χ0n) is 12.5. The van der Waals surface area contributed by atoms with Crippen molar-refractivity contribution in [2.24, 2.45) is 0 Å². The van der Waals surface area contributed by atoms with Crippen LogP contribution in [0, 0.1) is 0 Å². The number of rotatable bonds is 4. The Labute approximate surface area is 168 Å². The van der Waals surface area contributed by atoms with Gasteiger partial charge in [-0.1, -0.05) is 0 Å². The predicted octanol–water partition coefficient (Wildman–Crippen LogP) is -5.33. The third-order valence-electron chi connectivity index (χ3n) is 2.87. The van der Waals surface area contributed by atoms with E-state index in [4.69, 9.17) is 20.3 Å². The Bertz CT molecular complexity index is 627. The first-order valence-corrected chi connectivity index (χ1v) is 7.28. The summed E-state index contributed by atoms with van der Waals surface area (Å²) in [6.45, 7) is -0.657. The summed E-state index contributed by atoms with van der Waals surface area (Å²) in [5.41, 5.74) is 4.52. The molecule has 1 fully saturated rings. The molecule has 4 atom stereocenters. The zero-order chi connectivity index (χ0) is 15.8. The molecule has 1 saturated heterocycles. The third-order valence-corrected chi connectivity index (χ3v) is 3.36. The van der Waals surface area contributed by atoms with Crippen LogP contribution in [0.1, 0.15) is 7.65 Å². The van der Waals surface area contributed by atoms with Crippen molar-refractivity contribution in [2.45, 2.75) is 24.5 Å². The Balaban J connectivity index is 0.00000242. The number of anilines is 1. The van der Waals surface area contributed by atoms with Gasteiger partial charge in [0.05, 0.1) is 6.61 Å². The summed E-state index contributed by atoms with van der Waals surface area (Å²) in [7, 11) is -4.74. The Morgan fingerprint density at radius 3 is 2.64 bits per heavy atom. The van der Waals surface area contributed by atoms with Crippen molar-refractivity contribution < 1.29 is 86.6 Å². The Morgan fingerprint density at radius 1 is 1.45 bits per heavy atom. The molecule has 0 saturated carbocycles. The van der Waals surface area contributed by atoms with Crippen LogP contribution in [0.25, 0.3) is 0 Å². The number of aliphatic hydroxyl groups excluding tert-OH is 2. The molecule has 0 radical (unpaired) electrons. The molecule has 1 aromatic rings. The molecule has 1 aliphatic rings. The van der Waals surface area contributed by atoms with Gasteiger partial charge < -0.3 is 31.9 Å². The molecule has 0 aromatic carbocycles. The van der Waals surface area contributed by atoms with Crippen LogP contribution in [-0.4, -0.2) is 54.5 Å². The number of aliphatic hydroxyl groups is 2. The van der Waals surface area contributed by atoms with Gasteiger partial charge in [0.25, 0.3) is 0 Å². The van der Waals surface area contributed by atoms with Crippen molar-refractivity contribution in [3.8, 4) is 0 Å². The molecule has 0 amide bonds. The van der Waals surface area contributed by atoms with Gasteiger partial charge in [0.15, 0.2) is 6.23 Å². The largest absolute Gasteiger partial charge is 1.00 e. The van der Waals surface area contributed by atoms with Gasteiger partial charge in [0.1, 0.15) is 24.1 Å². The van der Waals surface area contributed by atoms with Gasteiger partial charge >= 0.3 is 64.9 Å². The van der Waals surface area contributed by atoms with Crippen LogP contribution in [0.15, 0.2) is 17.1 Å². The van der Waals surface area contributed by atoms with Crippen LogP contribution in [0.2, 0.25) is 0 Å². The summed E-state index contributed by atoms with van der Waals surface area (Å²) in [6, 6.07) is 1.29. The fraction of sp³-hybridized carbons (Fsp3) is 0.556. The summed E-state index contributed by atoms with van der Waals surface area (Å²) in [5.74, 6) is -0.0225. The summed E-state index contributed by atoms with van der Waals surface area (Å²) in [4.78, 5) is 32.3. The van der Waals surface area contributed by atoms with Crippen molar-refractivity contribution >= 4 is 13.6 Å². The molecule has 0 aliphatic carbocycles. The van der Waals surface area contributed by atoms with Crippen molar-refractivity contribution in [2.75, 3.05) is 12.3 Å². The van der Waals surface area contributed by atoms with Gasteiger partial charge in [0, 0.05) is 6.20 Å². The molecule has 1 aliphatic heterocycles. The second-order valence-corrected chi connectivity index (χ2v) is 5.61. The van der Waals surface area contributed by atoms with Gasteiger partial charge in [-0.3, -0.25) is 9.09 Å². The minimum atomic E-state index is -4.74. The van der Waals surface area contributed by atoms with Crippen molar-refractivity contribution in [1.29, 1.82) is 0 Å². The third kappa shape index (κ3) is 4.90. The molecular weight excluding hydrogens is 348 g/mol. The van der Waals surface area contributed by atoms with E-state index in [0.717, 1.165) is 4.57 Å². The quantitative estimate of drug-likeness (QED) is 0.256. The number of phosphoric acid groups is 1. The fourth-order valence-electron chi connectivity index (χ4n) is 1.89. The van der Waals surface area contributed by atoms with Gasteiger partial charge in [-0.05, 0) is 6.07 Å². The van der Waals surface area contributed by atoms with Gasteiger partial charge in [-0.15, -0.1) is 0 Å². The summed E-state index contributed by atoms with van der Waals surface area (Å²) < 4.78 is 20.9. The van der Waals surface area contributed by atoms with E-state index < -0.39 is 44.7 Å². The number of nitrogens with zero attached hydrogens (tertiary/aromatic N) is 2. The van der Waals surface area contributed by atoms with E-state index in [-0.39, 0.29) is 58.6 Å². The van der Waals surface area contributed by atoms with Gasteiger partial charge in [0.2, 0.25) is 0 Å². The second kappa shape index (κ2) is 7.92. The van der Waals surface area contributed by atoms with Crippen molar-refractivity contribution in [1.82, 2.24) is 9.55 Å². The number of hydrogen-bond donors (Lipinski definition) is 5. The molecule has 0 spiro atoms. The molecule has 0 bridgehead atoms. The molecule has 2 rings (SSSR count). The SMILES string of the molecule is Nc1ccn([C@H]2O[C@H](COP(=O)(O)O)[C@@H](O)[C@H]2O)c(=O)n1.[H-].[K+]. The Morgan fingerprint density at radius 2 is 2.09 bits per heavy atom. The van der Waals surface area contributed by atoms with E-state index in [1.807, 2.05) is 0 Å². The normalized spacial score (nSPS) is 28.4. The van der Waals surface area contributed by atoms with Gasteiger partial charge in [-0.2, -0.15) is 4.98 Å². The van der Waals surface area contributed by atoms with E-state index >= 15 is 0 Å². The van der Waals surface area contributed by atoms with E-state index in [1.54, 1.807) is 0 Å². The summed E-state index contributed by atoms with van der Waals surface area (Å²) >= 11 is 0. The number of ether oxygens (including phenoxy) is 1. The Kier molecular flexibility index (Phi) is 7.33. The topological polar surface area (TPSA) is 177 Å². The van der Waals surface area contributed by atoms with E-state index in [0.29, 0.717) is 0 Å². The first-order chi connectivity index (χ1) is 9.69. The Hall–Kier alpha value is 0.306. The summed E-state index contributed by atoms with van der Waals surface area (Å²) in [5, 5.41) is 19.6. The number of phosphoric ester groups is 1. The summed E-state index contributed by atoms with van der Waals surface area (Å²) in [6.07, 6.45) is -4.27. The molecule has 13 heteroatoms. The number of nitrogen functional groups attached to an aromatic ring is 1. The first kappa shape index (κ1) is 20.4. The molecule has 120 valence electrons. The first-order valence-electron chi connectivity index (χ1n) is 5.75. The molecular formula is C9H15KN3O8P. The van der Waals surface area contributed by atoms with Crippen LogP contribution in [0.5, 0.6) is 0 Å². The molecule has 11 nitrogen and oxygen atoms in total. The van der Waals surface area contributed by atoms with E-state index in [9.17, 15) is 19.6 Å². The maximum Gasteiger partial charge on any atom is 1.00 e. The maximum absolute atomic E-state index is 11.6. The van der Waals surface area contributed by atoms with Crippen LogP contribution >= 0.6 is 7.82 Å². The van der Waals surface area contributed by atoms with E-state index in [1.165, 1.54) is 12.3 Å². The molecule has 2 heterocycles. The molecule has 0 unspecified atom stereocenters. The smallest absolute Gasteiger partial charge is 1.00 e. The average Bonchev–Trinajstić information content (AvgIpc) is 2.64. The van der Waals surface area contributed by atoms with Crippen LogP contribution in [-0.2, 0) is 13.8 Å². The zero-order valence-corrected chi connectivity index (χ0v) is 15.5. The molecule has 22 heavy (non-hydrogen) atoms. The number of hydrogen-bond acceptors (Lipinski definition) is 8. The minimum Gasteiger partial charge on any atom is -1.00 e. The number of aromatic nitrogens is 2. The fourth-order valence-corrected chi connectivity index (χ4v) is 2.23. The van der Waals surface area contributed by atoms with E-state index in [2.05, 4.69) is 9.51 Å². The van der Waals surface area contributed by atoms with Crippen LogP contribution in [0.4, 0.5) is 5.82 Å². The monoisotopic (exact) mass is 363 g/mol. The van der Waals surface area contributed by atoms with Crippen LogP contribution < -0.4 is 62.8 Å². The van der Waals surface area contributed by atoms with Crippen molar-refractivity contribution in [3.05, 3.63) is 22.7 Å². The maximum atomic E-state index is 11.6.